The van der Waals surface area contributed by atoms with Crippen molar-refractivity contribution in [2.24, 2.45) is 11.8 Å². The molecule has 0 unspecified atom stereocenters. The van der Waals surface area contributed by atoms with Crippen LogP contribution in [0.3, 0.4) is 0 Å². The standard InChI is InChI=1S/C35H52B2O6/c1-5-9-13-27(7-3)25-35(26-28(8-4)14-10-6-2)33-23-29(42-36-38-19-11-20-39-36)15-17-31(33)32-18-16-30(24-34(32)35)43-37-40-21-12-22-41-37/h15-18,23-24,27-28H,5-14,19-22,25-26H2,1-4H3/t27-,28-/m1/s1. The minimum Gasteiger partial charge on any atom is -0.512 e. The van der Waals surface area contributed by atoms with Crippen molar-refractivity contribution in [2.75, 3.05) is 26.4 Å². The minimum absolute atomic E-state index is 0.144. The second-order valence-electron chi connectivity index (χ2n) is 12.7. The molecule has 2 aliphatic heterocycles. The number of rotatable bonds is 16. The Bertz CT molecular complexity index is 1060. The Morgan fingerprint density at radius 2 is 1.07 bits per heavy atom. The van der Waals surface area contributed by atoms with Gasteiger partial charge >= 0.3 is 14.6 Å². The first kappa shape index (κ1) is 32.4. The highest BCUT2D eigenvalue weighted by atomic mass is 16.7. The number of hydrogen-bond donors (Lipinski definition) is 0. The lowest BCUT2D eigenvalue weighted by Gasteiger charge is -2.39. The van der Waals surface area contributed by atoms with Crippen LogP contribution in [0.4, 0.5) is 0 Å². The van der Waals surface area contributed by atoms with E-state index >= 15 is 0 Å². The summed E-state index contributed by atoms with van der Waals surface area (Å²) in [5, 5.41) is 0. The fraction of sp³-hybridized carbons (Fsp3) is 0.657. The minimum atomic E-state index is -0.652. The van der Waals surface area contributed by atoms with Gasteiger partial charge in [-0.25, -0.2) is 0 Å². The maximum absolute atomic E-state index is 6.29. The van der Waals surface area contributed by atoms with E-state index in [0.29, 0.717) is 38.3 Å². The Kier molecular flexibility index (Phi) is 11.9. The van der Waals surface area contributed by atoms with Crippen LogP contribution in [0.25, 0.3) is 11.1 Å². The quantitative estimate of drug-likeness (QED) is 0.182. The molecular weight excluding hydrogens is 538 g/mol. The number of hydrogen-bond acceptors (Lipinski definition) is 6. The zero-order chi connectivity index (χ0) is 30.1. The number of fused-ring (bicyclic) bond motifs is 3. The highest BCUT2D eigenvalue weighted by molar-refractivity contribution is 6.38. The lowest BCUT2D eigenvalue weighted by Crippen LogP contribution is -2.36. The fourth-order valence-corrected chi connectivity index (χ4v) is 7.29. The predicted octanol–water partition coefficient (Wildman–Crippen LogP) is 8.77. The van der Waals surface area contributed by atoms with Crippen molar-refractivity contribution >= 4 is 14.6 Å². The molecule has 0 saturated carbocycles. The van der Waals surface area contributed by atoms with Gasteiger partial charge < -0.3 is 27.9 Å². The van der Waals surface area contributed by atoms with Crippen LogP contribution in [0.15, 0.2) is 36.4 Å². The van der Waals surface area contributed by atoms with Gasteiger partial charge in [-0.15, -0.1) is 0 Å². The first-order chi connectivity index (χ1) is 21.1. The van der Waals surface area contributed by atoms with Gasteiger partial charge in [0, 0.05) is 31.8 Å². The van der Waals surface area contributed by atoms with Crippen LogP contribution in [0, 0.1) is 11.8 Å². The predicted molar refractivity (Wildman–Crippen MR) is 174 cm³/mol. The second-order valence-corrected chi connectivity index (χ2v) is 12.7. The van der Waals surface area contributed by atoms with E-state index in [1.807, 2.05) is 0 Å². The van der Waals surface area contributed by atoms with E-state index in [0.717, 1.165) is 37.2 Å². The molecule has 2 fully saturated rings. The maximum atomic E-state index is 6.29. The highest BCUT2D eigenvalue weighted by Gasteiger charge is 2.46. The largest absolute Gasteiger partial charge is 0.713 e. The van der Waals surface area contributed by atoms with Crippen molar-refractivity contribution in [3.8, 4) is 22.6 Å². The molecule has 8 heteroatoms. The fourth-order valence-electron chi connectivity index (χ4n) is 7.29. The molecule has 5 rings (SSSR count). The summed E-state index contributed by atoms with van der Waals surface area (Å²) < 4.78 is 35.7. The van der Waals surface area contributed by atoms with Crippen molar-refractivity contribution in [3.63, 3.8) is 0 Å². The Hall–Kier alpha value is -1.99. The third-order valence-electron chi connectivity index (χ3n) is 9.72. The van der Waals surface area contributed by atoms with E-state index in [1.165, 1.54) is 73.6 Å². The molecule has 234 valence electrons. The molecule has 6 nitrogen and oxygen atoms in total. The summed E-state index contributed by atoms with van der Waals surface area (Å²) in [6.07, 6.45) is 13.9. The van der Waals surface area contributed by atoms with Crippen molar-refractivity contribution < 1.29 is 27.9 Å². The van der Waals surface area contributed by atoms with E-state index in [9.17, 15) is 0 Å². The van der Waals surface area contributed by atoms with Gasteiger partial charge in [-0.05, 0) is 84.0 Å². The van der Waals surface area contributed by atoms with Gasteiger partial charge in [0.2, 0.25) is 0 Å². The number of unbranched alkanes of at least 4 members (excludes halogenated alkanes) is 2. The Morgan fingerprint density at radius 3 is 1.44 bits per heavy atom. The zero-order valence-electron chi connectivity index (χ0n) is 27.0. The van der Waals surface area contributed by atoms with Gasteiger partial charge in [0.15, 0.2) is 0 Å². The molecule has 0 amide bonds. The summed E-state index contributed by atoms with van der Waals surface area (Å²) in [4.78, 5) is 0. The Labute approximate surface area is 260 Å². The monoisotopic (exact) mass is 590 g/mol. The van der Waals surface area contributed by atoms with Gasteiger partial charge in [-0.2, -0.15) is 0 Å². The van der Waals surface area contributed by atoms with E-state index in [1.54, 1.807) is 0 Å². The second kappa shape index (κ2) is 15.8. The summed E-state index contributed by atoms with van der Waals surface area (Å²) in [6.45, 7) is 12.0. The maximum Gasteiger partial charge on any atom is 0.713 e. The molecule has 2 aromatic rings. The van der Waals surface area contributed by atoms with Gasteiger partial charge in [0.05, 0.1) is 0 Å². The van der Waals surface area contributed by atoms with E-state index in [2.05, 4.69) is 64.1 Å². The molecule has 2 atom stereocenters. The molecule has 3 aliphatic rings. The first-order valence-corrected chi connectivity index (χ1v) is 17.2. The van der Waals surface area contributed by atoms with Gasteiger partial charge in [-0.1, -0.05) is 91.2 Å². The molecule has 2 aromatic carbocycles. The highest BCUT2D eigenvalue weighted by Crippen LogP contribution is 2.57. The number of benzene rings is 2. The zero-order valence-corrected chi connectivity index (χ0v) is 27.0. The summed E-state index contributed by atoms with van der Waals surface area (Å²) in [5.41, 5.74) is 5.22. The lowest BCUT2D eigenvalue weighted by molar-refractivity contribution is 0.0879. The third-order valence-corrected chi connectivity index (χ3v) is 9.72. The van der Waals surface area contributed by atoms with Crippen LogP contribution in [-0.4, -0.2) is 41.1 Å². The van der Waals surface area contributed by atoms with Crippen LogP contribution >= 0.6 is 0 Å². The average Bonchev–Trinajstić information content (AvgIpc) is 3.30. The van der Waals surface area contributed by atoms with Crippen LogP contribution in [-0.2, 0) is 24.0 Å². The van der Waals surface area contributed by atoms with Crippen molar-refractivity contribution in [3.05, 3.63) is 47.5 Å². The normalized spacial score (nSPS) is 19.1. The third kappa shape index (κ3) is 7.81. The smallest absolute Gasteiger partial charge is 0.512 e. The van der Waals surface area contributed by atoms with Crippen molar-refractivity contribution in [2.45, 2.75) is 110 Å². The van der Waals surface area contributed by atoms with Crippen molar-refractivity contribution in [1.82, 2.24) is 0 Å². The Balaban J connectivity index is 1.59. The molecule has 2 heterocycles. The van der Waals surface area contributed by atoms with Gasteiger partial charge in [-0.3, -0.25) is 0 Å². The van der Waals surface area contributed by atoms with Crippen LogP contribution in [0.5, 0.6) is 11.5 Å². The molecule has 0 radical (unpaired) electrons. The average molecular weight is 590 g/mol. The van der Waals surface area contributed by atoms with E-state index in [-0.39, 0.29) is 5.41 Å². The van der Waals surface area contributed by atoms with Crippen LogP contribution < -0.4 is 9.31 Å². The molecule has 2 saturated heterocycles. The van der Waals surface area contributed by atoms with E-state index < -0.39 is 14.6 Å². The molecule has 0 spiro atoms. The molecule has 0 aromatic heterocycles. The van der Waals surface area contributed by atoms with Crippen molar-refractivity contribution in [1.29, 1.82) is 0 Å². The molecule has 0 N–H and O–H groups in total. The molecule has 43 heavy (non-hydrogen) atoms. The summed E-state index contributed by atoms with van der Waals surface area (Å²) >= 11 is 0. The summed E-state index contributed by atoms with van der Waals surface area (Å²) in [5.74, 6) is 2.89. The molecule has 1 aliphatic carbocycles. The molecular formula is C35H52B2O6. The van der Waals surface area contributed by atoms with Crippen LogP contribution in [0.2, 0.25) is 0 Å². The SMILES string of the molecule is CCCC[C@@H](CC)CC1(C[C@H](CC)CCCC)c2cc(OB3OCCCO3)ccc2-c2ccc(OB3OCCCO3)cc21. The lowest BCUT2D eigenvalue weighted by atomic mass is 9.65. The van der Waals surface area contributed by atoms with Gasteiger partial charge in [0.1, 0.15) is 11.5 Å². The Morgan fingerprint density at radius 1 is 0.651 bits per heavy atom. The summed E-state index contributed by atoms with van der Waals surface area (Å²) in [6, 6.07) is 13.3. The van der Waals surface area contributed by atoms with E-state index in [4.69, 9.17) is 27.9 Å². The topological polar surface area (TPSA) is 55.4 Å². The summed E-state index contributed by atoms with van der Waals surface area (Å²) in [7, 11) is -1.30. The first-order valence-electron chi connectivity index (χ1n) is 17.2. The molecule has 0 bridgehead atoms. The van der Waals surface area contributed by atoms with Crippen LogP contribution in [0.1, 0.15) is 116 Å². The van der Waals surface area contributed by atoms with Gasteiger partial charge in [0.25, 0.3) is 0 Å².